The summed E-state index contributed by atoms with van der Waals surface area (Å²) in [5.74, 6) is -3.71. The van der Waals surface area contributed by atoms with Gasteiger partial charge in [-0.25, -0.2) is 13.1 Å². The van der Waals surface area contributed by atoms with Gasteiger partial charge in [0, 0.05) is 16.7 Å². The van der Waals surface area contributed by atoms with Crippen LogP contribution in [0, 0.1) is 6.92 Å². The lowest BCUT2D eigenvalue weighted by Crippen LogP contribution is -2.16. The van der Waals surface area contributed by atoms with Crippen molar-refractivity contribution in [3.8, 4) is 5.69 Å². The number of carbonyl (C=O) groups excluding carboxylic acids is 1. The number of anilines is 1. The molecule has 0 saturated carbocycles. The number of nitrogens with one attached hydrogen (secondary N) is 1. The molecule has 0 fully saturated rings. The summed E-state index contributed by atoms with van der Waals surface area (Å²) in [6.45, 7) is 1.75. The fraction of sp³-hybridized carbons (Fsp3) is 0.111. The summed E-state index contributed by atoms with van der Waals surface area (Å²) >= 11 is 6.00. The molecule has 0 unspecified atom stereocenters. The standard InChI is InChI=1S/C18H14ClF2N3O3S/c1-11-9-16(24(23-11)14-4-2-3-13(19)10-14)22-17(25)12-5-7-15(8-6-12)28(26,27)18(20)21/h2-10,18H,1H3,(H,22,25). The third kappa shape index (κ3) is 4.05. The minimum atomic E-state index is -4.71. The topological polar surface area (TPSA) is 81.1 Å². The summed E-state index contributed by atoms with van der Waals surface area (Å²) in [6, 6.07) is 12.8. The monoisotopic (exact) mass is 425 g/mol. The molecule has 2 aromatic carbocycles. The molecule has 6 nitrogen and oxygen atoms in total. The quantitative estimate of drug-likeness (QED) is 0.667. The number of sulfone groups is 1. The van der Waals surface area contributed by atoms with E-state index in [0.29, 0.717) is 22.2 Å². The summed E-state index contributed by atoms with van der Waals surface area (Å²) in [5.41, 5.74) is 1.38. The van der Waals surface area contributed by atoms with E-state index in [4.69, 9.17) is 11.6 Å². The van der Waals surface area contributed by atoms with E-state index in [0.717, 1.165) is 24.3 Å². The Morgan fingerprint density at radius 3 is 2.43 bits per heavy atom. The molecule has 1 aromatic heterocycles. The zero-order valence-corrected chi connectivity index (χ0v) is 16.0. The van der Waals surface area contributed by atoms with Crippen molar-refractivity contribution < 1.29 is 22.0 Å². The van der Waals surface area contributed by atoms with E-state index in [9.17, 15) is 22.0 Å². The number of nitrogens with zero attached hydrogens (tertiary/aromatic N) is 2. The van der Waals surface area contributed by atoms with Gasteiger partial charge in [0.15, 0.2) is 0 Å². The zero-order valence-electron chi connectivity index (χ0n) is 14.4. The van der Waals surface area contributed by atoms with Gasteiger partial charge in [-0.2, -0.15) is 13.9 Å². The molecule has 0 spiro atoms. The van der Waals surface area contributed by atoms with Gasteiger partial charge >= 0.3 is 5.76 Å². The van der Waals surface area contributed by atoms with Crippen molar-refractivity contribution in [3.05, 3.63) is 70.9 Å². The van der Waals surface area contributed by atoms with Gasteiger partial charge in [-0.15, -0.1) is 0 Å². The second kappa shape index (κ2) is 7.69. The van der Waals surface area contributed by atoms with E-state index in [1.807, 2.05) is 0 Å². The van der Waals surface area contributed by atoms with E-state index in [2.05, 4.69) is 10.4 Å². The molecule has 0 aliphatic rings. The first-order valence-corrected chi connectivity index (χ1v) is 9.87. The molecule has 0 radical (unpaired) electrons. The third-order valence-electron chi connectivity index (χ3n) is 3.81. The maximum absolute atomic E-state index is 12.6. The molecule has 146 valence electrons. The maximum Gasteiger partial charge on any atom is 0.341 e. The Balaban J connectivity index is 1.86. The minimum Gasteiger partial charge on any atom is -0.306 e. The number of aryl methyl sites for hydroxylation is 1. The Kier molecular flexibility index (Phi) is 5.48. The number of carbonyl (C=O) groups is 1. The highest BCUT2D eigenvalue weighted by atomic mass is 35.5. The van der Waals surface area contributed by atoms with Gasteiger partial charge < -0.3 is 5.32 Å². The fourth-order valence-electron chi connectivity index (χ4n) is 2.48. The van der Waals surface area contributed by atoms with Crippen LogP contribution in [0.1, 0.15) is 16.1 Å². The van der Waals surface area contributed by atoms with Crippen LogP contribution in [0.4, 0.5) is 14.6 Å². The summed E-state index contributed by atoms with van der Waals surface area (Å²) in [4.78, 5) is 11.9. The van der Waals surface area contributed by atoms with Crippen molar-refractivity contribution in [1.82, 2.24) is 9.78 Å². The van der Waals surface area contributed by atoms with Gasteiger partial charge in [0.25, 0.3) is 5.91 Å². The first kappa shape index (κ1) is 20.0. The Morgan fingerprint density at radius 2 is 1.82 bits per heavy atom. The average molecular weight is 426 g/mol. The molecule has 1 heterocycles. The van der Waals surface area contributed by atoms with Crippen LogP contribution in [0.25, 0.3) is 5.69 Å². The Labute approximate surface area is 164 Å². The summed E-state index contributed by atoms with van der Waals surface area (Å²) < 4.78 is 49.6. The number of hydrogen-bond donors (Lipinski definition) is 1. The van der Waals surface area contributed by atoms with E-state index in [1.165, 1.54) is 4.68 Å². The number of hydrogen-bond acceptors (Lipinski definition) is 4. The first-order chi connectivity index (χ1) is 13.2. The number of alkyl halides is 2. The third-order valence-corrected chi connectivity index (χ3v) is 5.44. The molecular formula is C18H14ClF2N3O3S. The van der Waals surface area contributed by atoms with E-state index in [-0.39, 0.29) is 5.56 Å². The summed E-state index contributed by atoms with van der Waals surface area (Å²) in [6.07, 6.45) is 0. The molecular weight excluding hydrogens is 412 g/mol. The molecule has 3 rings (SSSR count). The number of aromatic nitrogens is 2. The zero-order chi connectivity index (χ0) is 20.5. The van der Waals surface area contributed by atoms with Crippen LogP contribution >= 0.6 is 11.6 Å². The molecule has 0 saturated heterocycles. The van der Waals surface area contributed by atoms with Crippen molar-refractivity contribution in [1.29, 1.82) is 0 Å². The number of amides is 1. The van der Waals surface area contributed by atoms with Crippen LogP contribution in [-0.2, 0) is 9.84 Å². The van der Waals surface area contributed by atoms with Crippen LogP contribution in [0.3, 0.4) is 0 Å². The van der Waals surface area contributed by atoms with Gasteiger partial charge in [-0.05, 0) is 49.4 Å². The lowest BCUT2D eigenvalue weighted by atomic mass is 10.2. The van der Waals surface area contributed by atoms with Crippen molar-refractivity contribution in [2.75, 3.05) is 5.32 Å². The molecule has 28 heavy (non-hydrogen) atoms. The smallest absolute Gasteiger partial charge is 0.306 e. The lowest BCUT2D eigenvalue weighted by molar-refractivity contribution is 0.102. The Hall–Kier alpha value is -2.78. The Bertz CT molecular complexity index is 1130. The minimum absolute atomic E-state index is 0.102. The Morgan fingerprint density at radius 1 is 1.14 bits per heavy atom. The van der Waals surface area contributed by atoms with Gasteiger partial charge in [0.2, 0.25) is 9.84 Å². The summed E-state index contributed by atoms with van der Waals surface area (Å²) in [5, 5.41) is 7.48. The van der Waals surface area contributed by atoms with Crippen LogP contribution in [0.5, 0.6) is 0 Å². The molecule has 10 heteroatoms. The predicted molar refractivity (Wildman–Crippen MR) is 101 cm³/mol. The lowest BCUT2D eigenvalue weighted by Gasteiger charge is -2.10. The summed E-state index contributed by atoms with van der Waals surface area (Å²) in [7, 11) is -4.71. The highest BCUT2D eigenvalue weighted by molar-refractivity contribution is 7.91. The number of halogens is 3. The van der Waals surface area contributed by atoms with Crippen molar-refractivity contribution in [2.45, 2.75) is 17.6 Å². The van der Waals surface area contributed by atoms with Crippen LogP contribution < -0.4 is 5.32 Å². The van der Waals surface area contributed by atoms with E-state index in [1.54, 1.807) is 37.3 Å². The van der Waals surface area contributed by atoms with Crippen molar-refractivity contribution in [2.24, 2.45) is 0 Å². The number of rotatable bonds is 5. The first-order valence-electron chi connectivity index (χ1n) is 7.94. The van der Waals surface area contributed by atoms with Crippen molar-refractivity contribution in [3.63, 3.8) is 0 Å². The van der Waals surface area contributed by atoms with E-state index >= 15 is 0 Å². The fourth-order valence-corrected chi connectivity index (χ4v) is 3.39. The highest BCUT2D eigenvalue weighted by Crippen LogP contribution is 2.22. The number of benzene rings is 2. The molecule has 1 amide bonds. The van der Waals surface area contributed by atoms with Gasteiger partial charge in [0.05, 0.1) is 16.3 Å². The van der Waals surface area contributed by atoms with Crippen LogP contribution in [-0.4, -0.2) is 29.9 Å². The predicted octanol–water partition coefficient (Wildman–Crippen LogP) is 4.08. The van der Waals surface area contributed by atoms with E-state index < -0.39 is 26.4 Å². The van der Waals surface area contributed by atoms with Crippen LogP contribution in [0.15, 0.2) is 59.5 Å². The van der Waals surface area contributed by atoms with Crippen molar-refractivity contribution >= 4 is 33.2 Å². The highest BCUT2D eigenvalue weighted by Gasteiger charge is 2.26. The van der Waals surface area contributed by atoms with Gasteiger partial charge in [-0.3, -0.25) is 4.79 Å². The van der Waals surface area contributed by atoms with Crippen LogP contribution in [0.2, 0.25) is 5.02 Å². The average Bonchev–Trinajstić information content (AvgIpc) is 3.02. The second-order valence-corrected chi connectivity index (χ2v) is 8.20. The largest absolute Gasteiger partial charge is 0.341 e. The molecule has 3 aromatic rings. The molecule has 0 aliphatic carbocycles. The normalized spacial score (nSPS) is 11.6. The van der Waals surface area contributed by atoms with Gasteiger partial charge in [-0.1, -0.05) is 17.7 Å². The SMILES string of the molecule is Cc1cc(NC(=O)c2ccc(S(=O)(=O)C(F)F)cc2)n(-c2cccc(Cl)c2)n1. The van der Waals surface area contributed by atoms with Gasteiger partial charge in [0.1, 0.15) is 5.82 Å². The second-order valence-electron chi connectivity index (χ2n) is 5.85. The molecule has 0 bridgehead atoms. The molecule has 1 N–H and O–H groups in total. The molecule has 0 aliphatic heterocycles. The molecule has 0 atom stereocenters. The maximum atomic E-state index is 12.6.